The molecule has 1 N–H and O–H groups in total. The Labute approximate surface area is 116 Å². The van der Waals surface area contributed by atoms with Crippen LogP contribution < -0.4 is 14.8 Å². The molecule has 104 valence electrons. The van der Waals surface area contributed by atoms with E-state index in [2.05, 4.69) is 5.32 Å². The third-order valence-corrected chi connectivity index (χ3v) is 3.24. The number of aryl methyl sites for hydroxylation is 1. The second-order valence-electron chi connectivity index (χ2n) is 4.58. The highest BCUT2D eigenvalue weighted by atomic mass is 16.7. The van der Waals surface area contributed by atoms with E-state index in [4.69, 9.17) is 13.9 Å². The number of carbonyl (C=O) groups excluding carboxylic acids is 1. The summed E-state index contributed by atoms with van der Waals surface area (Å²) in [7, 11) is 0. The minimum Gasteiger partial charge on any atom is -0.469 e. The van der Waals surface area contributed by atoms with Gasteiger partial charge < -0.3 is 19.2 Å². The molecule has 3 rings (SSSR count). The van der Waals surface area contributed by atoms with Gasteiger partial charge in [-0.1, -0.05) is 6.07 Å². The van der Waals surface area contributed by atoms with Crippen LogP contribution in [-0.2, 0) is 6.42 Å². The molecule has 0 aliphatic carbocycles. The Hall–Kier alpha value is -2.43. The van der Waals surface area contributed by atoms with E-state index >= 15 is 0 Å². The maximum absolute atomic E-state index is 11.9. The molecule has 1 aromatic heterocycles. The van der Waals surface area contributed by atoms with Crippen LogP contribution in [0.3, 0.4) is 0 Å². The van der Waals surface area contributed by atoms with E-state index in [1.54, 1.807) is 13.0 Å². The Morgan fingerprint density at radius 3 is 2.90 bits per heavy atom. The van der Waals surface area contributed by atoms with Gasteiger partial charge in [0.2, 0.25) is 6.79 Å². The molecule has 1 amide bonds. The van der Waals surface area contributed by atoms with E-state index < -0.39 is 0 Å². The summed E-state index contributed by atoms with van der Waals surface area (Å²) in [6.45, 7) is 2.60. The van der Waals surface area contributed by atoms with Crippen LogP contribution in [0.15, 0.2) is 34.9 Å². The third kappa shape index (κ3) is 2.47. The standard InChI is InChI=1S/C15H15NO4/c1-10-12(5-7-18-10)15(17)16-6-4-11-2-3-13-14(8-11)20-9-19-13/h2-3,5,7-8H,4,6,9H2,1H3,(H,16,17). The number of fused-ring (bicyclic) bond motifs is 1. The van der Waals surface area contributed by atoms with E-state index in [-0.39, 0.29) is 12.7 Å². The van der Waals surface area contributed by atoms with Crippen LogP contribution >= 0.6 is 0 Å². The molecule has 0 saturated heterocycles. The SMILES string of the molecule is Cc1occc1C(=O)NCCc1ccc2c(c1)OCO2. The molecular weight excluding hydrogens is 258 g/mol. The van der Waals surface area contributed by atoms with E-state index in [9.17, 15) is 4.79 Å². The molecule has 0 fully saturated rings. The van der Waals surface area contributed by atoms with Gasteiger partial charge in [0.05, 0.1) is 11.8 Å². The average Bonchev–Trinajstić information content (AvgIpc) is 3.06. The number of amides is 1. The Kier molecular flexibility index (Phi) is 3.33. The van der Waals surface area contributed by atoms with E-state index in [0.29, 0.717) is 17.9 Å². The van der Waals surface area contributed by atoms with Gasteiger partial charge in [0.25, 0.3) is 5.91 Å². The number of carbonyl (C=O) groups is 1. The van der Waals surface area contributed by atoms with E-state index in [1.165, 1.54) is 6.26 Å². The first kappa shape index (κ1) is 12.6. The quantitative estimate of drug-likeness (QED) is 0.928. The number of benzene rings is 1. The van der Waals surface area contributed by atoms with Crippen molar-refractivity contribution in [1.29, 1.82) is 0 Å². The second-order valence-corrected chi connectivity index (χ2v) is 4.58. The smallest absolute Gasteiger partial charge is 0.254 e. The first-order chi connectivity index (χ1) is 9.74. The number of hydrogen-bond donors (Lipinski definition) is 1. The highest BCUT2D eigenvalue weighted by Crippen LogP contribution is 2.32. The summed E-state index contributed by atoms with van der Waals surface area (Å²) < 4.78 is 15.7. The van der Waals surface area contributed by atoms with E-state index in [1.807, 2.05) is 18.2 Å². The number of furan rings is 1. The van der Waals surface area contributed by atoms with Crippen molar-refractivity contribution in [1.82, 2.24) is 5.32 Å². The highest BCUT2D eigenvalue weighted by Gasteiger charge is 2.14. The van der Waals surface area contributed by atoms with Gasteiger partial charge >= 0.3 is 0 Å². The Morgan fingerprint density at radius 2 is 2.10 bits per heavy atom. The van der Waals surface area contributed by atoms with Crippen LogP contribution in [0.25, 0.3) is 0 Å². The lowest BCUT2D eigenvalue weighted by Crippen LogP contribution is -2.25. The summed E-state index contributed by atoms with van der Waals surface area (Å²) >= 11 is 0. The maximum atomic E-state index is 11.9. The molecular formula is C15H15NO4. The van der Waals surface area contributed by atoms with Crippen molar-refractivity contribution in [2.24, 2.45) is 0 Å². The molecule has 1 aromatic carbocycles. The molecule has 5 nitrogen and oxygen atoms in total. The third-order valence-electron chi connectivity index (χ3n) is 3.24. The zero-order valence-corrected chi connectivity index (χ0v) is 11.1. The van der Waals surface area contributed by atoms with Crippen LogP contribution in [-0.4, -0.2) is 19.2 Å². The average molecular weight is 273 g/mol. The molecule has 2 heterocycles. The van der Waals surface area contributed by atoms with Crippen molar-refractivity contribution >= 4 is 5.91 Å². The minimum absolute atomic E-state index is 0.114. The first-order valence-electron chi connectivity index (χ1n) is 6.45. The van der Waals surface area contributed by atoms with Crippen LogP contribution in [0, 0.1) is 6.92 Å². The summed E-state index contributed by atoms with van der Waals surface area (Å²) in [5, 5.41) is 2.87. The van der Waals surface area contributed by atoms with Crippen molar-refractivity contribution in [2.45, 2.75) is 13.3 Å². The lowest BCUT2D eigenvalue weighted by molar-refractivity contribution is 0.0952. The van der Waals surface area contributed by atoms with Gasteiger partial charge in [0, 0.05) is 6.54 Å². The summed E-state index contributed by atoms with van der Waals surface area (Å²) in [6.07, 6.45) is 2.25. The van der Waals surface area contributed by atoms with Gasteiger partial charge in [0.15, 0.2) is 11.5 Å². The molecule has 0 bridgehead atoms. The molecule has 0 unspecified atom stereocenters. The van der Waals surface area contributed by atoms with Crippen LogP contribution in [0.4, 0.5) is 0 Å². The predicted octanol–water partition coefficient (Wildman–Crippen LogP) is 2.29. The second kappa shape index (κ2) is 5.28. The van der Waals surface area contributed by atoms with Gasteiger partial charge in [-0.05, 0) is 37.1 Å². The molecule has 2 aromatic rings. The molecule has 0 saturated carbocycles. The summed E-state index contributed by atoms with van der Waals surface area (Å²) in [4.78, 5) is 11.9. The van der Waals surface area contributed by atoms with Gasteiger partial charge in [-0.3, -0.25) is 4.79 Å². The number of nitrogens with one attached hydrogen (secondary N) is 1. The molecule has 1 aliphatic rings. The predicted molar refractivity (Wildman–Crippen MR) is 72.0 cm³/mol. The van der Waals surface area contributed by atoms with Crippen LogP contribution in [0.2, 0.25) is 0 Å². The minimum atomic E-state index is -0.114. The van der Waals surface area contributed by atoms with Gasteiger partial charge in [-0.2, -0.15) is 0 Å². The Morgan fingerprint density at radius 1 is 1.25 bits per heavy atom. The number of ether oxygens (including phenoxy) is 2. The fourth-order valence-corrected chi connectivity index (χ4v) is 2.13. The fraction of sp³-hybridized carbons (Fsp3) is 0.267. The van der Waals surface area contributed by atoms with Crippen molar-refractivity contribution in [3.63, 3.8) is 0 Å². The van der Waals surface area contributed by atoms with E-state index in [0.717, 1.165) is 23.5 Å². The van der Waals surface area contributed by atoms with Crippen LogP contribution in [0.1, 0.15) is 21.7 Å². The zero-order valence-electron chi connectivity index (χ0n) is 11.1. The first-order valence-corrected chi connectivity index (χ1v) is 6.45. The van der Waals surface area contributed by atoms with Crippen LogP contribution in [0.5, 0.6) is 11.5 Å². The number of hydrogen-bond acceptors (Lipinski definition) is 4. The lowest BCUT2D eigenvalue weighted by atomic mass is 10.1. The van der Waals surface area contributed by atoms with Crippen molar-refractivity contribution in [3.05, 3.63) is 47.4 Å². The molecule has 20 heavy (non-hydrogen) atoms. The fourth-order valence-electron chi connectivity index (χ4n) is 2.13. The largest absolute Gasteiger partial charge is 0.469 e. The summed E-state index contributed by atoms with van der Waals surface area (Å²) in [6, 6.07) is 7.48. The molecule has 5 heteroatoms. The van der Waals surface area contributed by atoms with Gasteiger partial charge in [0.1, 0.15) is 5.76 Å². The van der Waals surface area contributed by atoms with Gasteiger partial charge in [-0.25, -0.2) is 0 Å². The molecule has 0 atom stereocenters. The molecule has 1 aliphatic heterocycles. The van der Waals surface area contributed by atoms with Gasteiger partial charge in [-0.15, -0.1) is 0 Å². The molecule has 0 spiro atoms. The lowest BCUT2D eigenvalue weighted by Gasteiger charge is -2.05. The normalized spacial score (nSPS) is 12.4. The molecule has 0 radical (unpaired) electrons. The number of rotatable bonds is 4. The van der Waals surface area contributed by atoms with Crippen molar-refractivity contribution in [2.75, 3.05) is 13.3 Å². The monoisotopic (exact) mass is 273 g/mol. The highest BCUT2D eigenvalue weighted by molar-refractivity contribution is 5.95. The Bertz CT molecular complexity index is 633. The summed E-state index contributed by atoms with van der Waals surface area (Å²) in [5.74, 6) is 2.05. The van der Waals surface area contributed by atoms with Crippen molar-refractivity contribution < 1.29 is 18.7 Å². The Balaban J connectivity index is 1.55. The topological polar surface area (TPSA) is 60.7 Å². The summed E-state index contributed by atoms with van der Waals surface area (Å²) in [5.41, 5.74) is 1.68. The zero-order chi connectivity index (χ0) is 13.9. The van der Waals surface area contributed by atoms with Crippen molar-refractivity contribution in [3.8, 4) is 11.5 Å². The maximum Gasteiger partial charge on any atom is 0.254 e.